The molecule has 2 heterocycles. The standard InChI is InChI=1S/C21H28N4O4.ClH/c22-12-5-3-1-2-4-6-13-23-15-9-7-8-14-18(15)21(29)25(20(14)28)16-10-11-17(26)24-19(16)27;/h7-9,16,23H,1-6,10-13,22H2,(H,24,26,27);1H. The highest BCUT2D eigenvalue weighted by atomic mass is 35.5. The SMILES string of the molecule is Cl.NCCCCCCCCNc1cccc2c1C(=O)N(C1CCC(=O)NC1=O)C2=O. The maximum atomic E-state index is 13.0. The third-order valence-electron chi connectivity index (χ3n) is 5.41. The summed E-state index contributed by atoms with van der Waals surface area (Å²) in [4.78, 5) is 50.3. The van der Waals surface area contributed by atoms with Gasteiger partial charge in [0.1, 0.15) is 6.04 Å². The van der Waals surface area contributed by atoms with Crippen molar-refractivity contribution in [2.75, 3.05) is 18.4 Å². The van der Waals surface area contributed by atoms with Gasteiger partial charge in [-0.3, -0.25) is 29.4 Å². The molecule has 3 rings (SSSR count). The molecule has 2 aliphatic rings. The van der Waals surface area contributed by atoms with Crippen molar-refractivity contribution in [3.05, 3.63) is 29.3 Å². The van der Waals surface area contributed by atoms with Gasteiger partial charge in [0.2, 0.25) is 11.8 Å². The van der Waals surface area contributed by atoms with Crippen LogP contribution in [0, 0.1) is 0 Å². The van der Waals surface area contributed by atoms with Crippen molar-refractivity contribution in [1.29, 1.82) is 0 Å². The zero-order chi connectivity index (χ0) is 20.8. The Hall–Kier alpha value is -2.45. The van der Waals surface area contributed by atoms with Crippen LogP contribution in [0.4, 0.5) is 5.69 Å². The second kappa shape index (κ2) is 11.1. The molecule has 1 atom stereocenters. The Morgan fingerprint density at radius 2 is 1.70 bits per heavy atom. The number of hydrogen-bond acceptors (Lipinski definition) is 6. The molecule has 0 bridgehead atoms. The molecular weight excluding hydrogens is 408 g/mol. The van der Waals surface area contributed by atoms with Crippen molar-refractivity contribution in [3.63, 3.8) is 0 Å². The van der Waals surface area contributed by atoms with Gasteiger partial charge in [-0.05, 0) is 37.9 Å². The predicted octanol–water partition coefficient (Wildman–Crippen LogP) is 2.22. The molecule has 8 nitrogen and oxygen atoms in total. The number of unbranched alkanes of at least 4 members (excludes halogenated alkanes) is 5. The Balaban J connectivity index is 0.00000320. The molecule has 2 aliphatic heterocycles. The minimum absolute atomic E-state index is 0. The fraction of sp³-hybridized carbons (Fsp3) is 0.524. The number of carbonyl (C=O) groups excluding carboxylic acids is 4. The van der Waals surface area contributed by atoms with E-state index in [0.717, 1.165) is 43.5 Å². The van der Waals surface area contributed by atoms with Crippen LogP contribution in [-0.4, -0.2) is 47.7 Å². The number of carbonyl (C=O) groups is 4. The molecule has 1 unspecified atom stereocenters. The molecule has 30 heavy (non-hydrogen) atoms. The number of nitrogens with two attached hydrogens (primary N) is 1. The summed E-state index contributed by atoms with van der Waals surface area (Å²) in [6.45, 7) is 1.44. The molecule has 4 amide bonds. The smallest absolute Gasteiger partial charge is 0.264 e. The molecule has 9 heteroatoms. The lowest BCUT2D eigenvalue weighted by atomic mass is 10.0. The van der Waals surface area contributed by atoms with Gasteiger partial charge in [0.05, 0.1) is 11.1 Å². The van der Waals surface area contributed by atoms with E-state index in [1.807, 2.05) is 0 Å². The van der Waals surface area contributed by atoms with Gasteiger partial charge in [0.25, 0.3) is 11.8 Å². The van der Waals surface area contributed by atoms with Crippen LogP contribution in [0.3, 0.4) is 0 Å². The van der Waals surface area contributed by atoms with E-state index in [0.29, 0.717) is 23.4 Å². The van der Waals surface area contributed by atoms with E-state index in [9.17, 15) is 19.2 Å². The number of fused-ring (bicyclic) bond motifs is 1. The maximum absolute atomic E-state index is 13.0. The van der Waals surface area contributed by atoms with Crippen molar-refractivity contribution < 1.29 is 19.2 Å². The molecule has 1 saturated heterocycles. The van der Waals surface area contributed by atoms with Gasteiger partial charge in [-0.25, -0.2) is 0 Å². The molecular formula is C21H29ClN4O4. The number of nitrogens with one attached hydrogen (secondary N) is 2. The third kappa shape index (κ3) is 5.17. The van der Waals surface area contributed by atoms with Crippen LogP contribution in [0.5, 0.6) is 0 Å². The number of hydrogen-bond donors (Lipinski definition) is 3. The lowest BCUT2D eigenvalue weighted by Gasteiger charge is -2.27. The number of amides is 4. The summed E-state index contributed by atoms with van der Waals surface area (Å²) in [6.07, 6.45) is 6.86. The molecule has 0 aliphatic carbocycles. The first kappa shape index (κ1) is 23.8. The highest BCUT2D eigenvalue weighted by Gasteiger charge is 2.45. The topological polar surface area (TPSA) is 122 Å². The van der Waals surface area contributed by atoms with Crippen LogP contribution in [0.1, 0.15) is 72.1 Å². The van der Waals surface area contributed by atoms with Crippen molar-refractivity contribution in [2.24, 2.45) is 5.73 Å². The number of anilines is 1. The van der Waals surface area contributed by atoms with Gasteiger partial charge < -0.3 is 11.1 Å². The van der Waals surface area contributed by atoms with Crippen molar-refractivity contribution in [3.8, 4) is 0 Å². The number of rotatable bonds is 10. The van der Waals surface area contributed by atoms with Crippen LogP contribution >= 0.6 is 12.4 Å². The molecule has 0 saturated carbocycles. The Morgan fingerprint density at radius 1 is 1.00 bits per heavy atom. The molecule has 0 radical (unpaired) electrons. The van der Waals surface area contributed by atoms with E-state index in [2.05, 4.69) is 10.6 Å². The van der Waals surface area contributed by atoms with E-state index < -0.39 is 23.8 Å². The van der Waals surface area contributed by atoms with Crippen molar-refractivity contribution >= 4 is 41.7 Å². The fourth-order valence-electron chi connectivity index (χ4n) is 3.86. The number of nitrogens with zero attached hydrogens (tertiary/aromatic N) is 1. The highest BCUT2D eigenvalue weighted by Crippen LogP contribution is 2.32. The first-order chi connectivity index (χ1) is 14.0. The Morgan fingerprint density at radius 3 is 2.40 bits per heavy atom. The van der Waals surface area contributed by atoms with Crippen LogP contribution in [0.2, 0.25) is 0 Å². The maximum Gasteiger partial charge on any atom is 0.264 e. The van der Waals surface area contributed by atoms with Gasteiger partial charge in [-0.15, -0.1) is 12.4 Å². The summed E-state index contributed by atoms with van der Waals surface area (Å²) in [5, 5.41) is 5.47. The molecule has 0 aromatic heterocycles. The molecule has 0 spiro atoms. The fourth-order valence-corrected chi connectivity index (χ4v) is 3.86. The van der Waals surface area contributed by atoms with Crippen LogP contribution < -0.4 is 16.4 Å². The average molecular weight is 437 g/mol. The van der Waals surface area contributed by atoms with Crippen molar-refractivity contribution in [2.45, 2.75) is 57.4 Å². The van der Waals surface area contributed by atoms with Gasteiger partial charge in [-0.1, -0.05) is 31.7 Å². The third-order valence-corrected chi connectivity index (χ3v) is 5.41. The van der Waals surface area contributed by atoms with Crippen LogP contribution in [0.15, 0.2) is 18.2 Å². The van der Waals surface area contributed by atoms with Gasteiger partial charge in [-0.2, -0.15) is 0 Å². The summed E-state index contributed by atoms with van der Waals surface area (Å²) >= 11 is 0. The summed E-state index contributed by atoms with van der Waals surface area (Å²) < 4.78 is 0. The average Bonchev–Trinajstić information content (AvgIpc) is 2.95. The Kier molecular flexibility index (Phi) is 8.80. The van der Waals surface area contributed by atoms with Crippen LogP contribution in [-0.2, 0) is 9.59 Å². The summed E-state index contributed by atoms with van der Waals surface area (Å²) in [7, 11) is 0. The number of halogens is 1. The lowest BCUT2D eigenvalue weighted by Crippen LogP contribution is -2.54. The summed E-state index contributed by atoms with van der Waals surface area (Å²) in [5.74, 6) is -1.94. The molecule has 1 aromatic carbocycles. The quantitative estimate of drug-likeness (QED) is 0.382. The van der Waals surface area contributed by atoms with E-state index >= 15 is 0 Å². The van der Waals surface area contributed by atoms with Crippen LogP contribution in [0.25, 0.3) is 0 Å². The van der Waals surface area contributed by atoms with Gasteiger partial charge >= 0.3 is 0 Å². The first-order valence-corrected chi connectivity index (χ1v) is 10.3. The number of benzene rings is 1. The Bertz CT molecular complexity index is 814. The van der Waals surface area contributed by atoms with E-state index in [4.69, 9.17) is 5.73 Å². The zero-order valence-corrected chi connectivity index (χ0v) is 17.8. The minimum Gasteiger partial charge on any atom is -0.384 e. The Labute approximate surface area is 182 Å². The predicted molar refractivity (Wildman–Crippen MR) is 116 cm³/mol. The monoisotopic (exact) mass is 436 g/mol. The first-order valence-electron chi connectivity index (χ1n) is 10.3. The van der Waals surface area contributed by atoms with E-state index in [-0.39, 0.29) is 31.2 Å². The van der Waals surface area contributed by atoms with Gasteiger partial charge in [0.15, 0.2) is 0 Å². The normalized spacial score (nSPS) is 18.2. The van der Waals surface area contributed by atoms with Gasteiger partial charge in [0, 0.05) is 18.7 Å². The zero-order valence-electron chi connectivity index (χ0n) is 16.9. The molecule has 164 valence electrons. The summed E-state index contributed by atoms with van der Waals surface area (Å²) in [5.41, 5.74) is 6.71. The van der Waals surface area contributed by atoms with E-state index in [1.54, 1.807) is 18.2 Å². The minimum atomic E-state index is -0.943. The number of imide groups is 2. The van der Waals surface area contributed by atoms with E-state index in [1.165, 1.54) is 6.42 Å². The second-order valence-corrected chi connectivity index (χ2v) is 7.51. The highest BCUT2D eigenvalue weighted by molar-refractivity contribution is 6.25. The van der Waals surface area contributed by atoms with Crippen molar-refractivity contribution in [1.82, 2.24) is 10.2 Å². The largest absolute Gasteiger partial charge is 0.384 e. The molecule has 1 fully saturated rings. The molecule has 1 aromatic rings. The lowest BCUT2D eigenvalue weighted by molar-refractivity contribution is -0.136. The second-order valence-electron chi connectivity index (χ2n) is 7.51. The molecule has 4 N–H and O–H groups in total. The number of piperidine rings is 1. The summed E-state index contributed by atoms with van der Waals surface area (Å²) in [6, 6.07) is 4.16.